The lowest BCUT2D eigenvalue weighted by atomic mass is 9.99. The van der Waals surface area contributed by atoms with Crippen molar-refractivity contribution >= 4 is 23.2 Å². The van der Waals surface area contributed by atoms with Crippen molar-refractivity contribution in [3.8, 4) is 11.3 Å². The Morgan fingerprint density at radius 3 is 2.05 bits per heavy atom. The number of carbonyl (C=O) groups is 1. The number of Topliss-reactive ketones (excluding diaryl/α,β-unsaturated/α-hetero) is 1. The summed E-state index contributed by atoms with van der Waals surface area (Å²) in [6, 6.07) is 21.3. The van der Waals surface area contributed by atoms with Crippen molar-refractivity contribution in [2.45, 2.75) is 45.1 Å². The number of anilines is 1. The maximum Gasteiger partial charge on any atom is 0.273 e. The van der Waals surface area contributed by atoms with Gasteiger partial charge < -0.3 is 5.32 Å². The summed E-state index contributed by atoms with van der Waals surface area (Å²) < 4.78 is 27.6. The number of aromatic nitrogens is 2. The molecule has 4 nitrogen and oxygen atoms in total. The predicted molar refractivity (Wildman–Crippen MR) is 144 cm³/mol. The first-order chi connectivity index (χ1) is 17.7. The maximum atomic E-state index is 13.8. The van der Waals surface area contributed by atoms with E-state index in [-0.39, 0.29) is 36.7 Å². The molecule has 0 radical (unpaired) electrons. The van der Waals surface area contributed by atoms with E-state index in [2.05, 4.69) is 15.3 Å². The molecule has 0 aliphatic rings. The summed E-state index contributed by atoms with van der Waals surface area (Å²) in [7, 11) is 0. The molecule has 3 aromatic carbocycles. The zero-order valence-corrected chi connectivity index (χ0v) is 21.5. The maximum absolute atomic E-state index is 13.8. The summed E-state index contributed by atoms with van der Waals surface area (Å²) in [4.78, 5) is 21.6. The topological polar surface area (TPSA) is 54.9 Å². The standard InChI is InChI=1S/C30H28ClF2N3O/c1-3-30(32,33)25-12-6-22(7-13-25)19-27(37)18-21-4-8-24(9-5-21)28-29(35-17-16-34-28)36-20(2)23-10-14-26(31)15-11-23/h4-17,20H,3,18-19H2,1-2H3,(H,35,36)/t20-/m0/s1. The van der Waals surface area contributed by atoms with Gasteiger partial charge in [0.25, 0.3) is 5.92 Å². The van der Waals surface area contributed by atoms with Gasteiger partial charge in [0, 0.05) is 47.8 Å². The highest BCUT2D eigenvalue weighted by molar-refractivity contribution is 6.30. The first-order valence-corrected chi connectivity index (χ1v) is 12.5. The first-order valence-electron chi connectivity index (χ1n) is 12.2. The summed E-state index contributed by atoms with van der Waals surface area (Å²) in [5.41, 5.74) is 4.23. The number of hydrogen-bond acceptors (Lipinski definition) is 4. The van der Waals surface area contributed by atoms with Crippen molar-refractivity contribution < 1.29 is 13.6 Å². The Morgan fingerprint density at radius 1 is 0.892 bits per heavy atom. The van der Waals surface area contributed by atoms with Crippen molar-refractivity contribution in [3.05, 3.63) is 112 Å². The fraction of sp³-hybridized carbons (Fsp3) is 0.233. The molecule has 4 aromatic rings. The molecule has 0 spiro atoms. The van der Waals surface area contributed by atoms with E-state index in [1.54, 1.807) is 24.5 Å². The van der Waals surface area contributed by atoms with Crippen LogP contribution in [-0.2, 0) is 23.6 Å². The minimum Gasteiger partial charge on any atom is -0.362 e. The average molecular weight is 520 g/mol. The molecular formula is C30H28ClF2N3O. The van der Waals surface area contributed by atoms with Crippen molar-refractivity contribution in [2.75, 3.05) is 5.32 Å². The zero-order valence-electron chi connectivity index (χ0n) is 20.7. The largest absolute Gasteiger partial charge is 0.362 e. The number of nitrogens with one attached hydrogen (secondary N) is 1. The second kappa shape index (κ2) is 11.6. The van der Waals surface area contributed by atoms with Crippen LogP contribution in [0.4, 0.5) is 14.6 Å². The van der Waals surface area contributed by atoms with Crippen molar-refractivity contribution in [1.29, 1.82) is 0 Å². The number of alkyl halides is 2. The van der Waals surface area contributed by atoms with E-state index in [0.717, 1.165) is 22.3 Å². The van der Waals surface area contributed by atoms with E-state index in [0.29, 0.717) is 16.5 Å². The van der Waals surface area contributed by atoms with Crippen LogP contribution in [0.25, 0.3) is 11.3 Å². The Kier molecular flexibility index (Phi) is 8.29. The fourth-order valence-electron chi connectivity index (χ4n) is 4.06. The third-order valence-corrected chi connectivity index (χ3v) is 6.52. The molecule has 1 aromatic heterocycles. The molecule has 1 heterocycles. The van der Waals surface area contributed by atoms with Gasteiger partial charge in [0.05, 0.1) is 6.04 Å². The quantitative estimate of drug-likeness (QED) is 0.232. The number of nitrogens with zero attached hydrogens (tertiary/aromatic N) is 2. The van der Waals surface area contributed by atoms with Crippen LogP contribution in [0.1, 0.15) is 48.6 Å². The molecule has 0 bridgehead atoms. The molecule has 4 rings (SSSR count). The Hall–Kier alpha value is -3.64. The molecular weight excluding hydrogens is 492 g/mol. The highest BCUT2D eigenvalue weighted by atomic mass is 35.5. The Labute approximate surface area is 220 Å². The number of carbonyl (C=O) groups excluding carboxylic acids is 1. The van der Waals surface area contributed by atoms with Crippen LogP contribution in [0.3, 0.4) is 0 Å². The molecule has 0 saturated carbocycles. The van der Waals surface area contributed by atoms with Gasteiger partial charge in [-0.2, -0.15) is 0 Å². The molecule has 0 saturated heterocycles. The average Bonchev–Trinajstić information content (AvgIpc) is 2.90. The molecule has 0 amide bonds. The zero-order chi connectivity index (χ0) is 26.4. The van der Waals surface area contributed by atoms with Crippen LogP contribution >= 0.6 is 11.6 Å². The van der Waals surface area contributed by atoms with Crippen LogP contribution in [-0.4, -0.2) is 15.8 Å². The molecule has 1 atom stereocenters. The highest BCUT2D eigenvalue weighted by Crippen LogP contribution is 2.31. The van der Waals surface area contributed by atoms with E-state index in [1.165, 1.54) is 19.1 Å². The molecule has 7 heteroatoms. The number of rotatable bonds is 10. The summed E-state index contributed by atoms with van der Waals surface area (Å²) >= 11 is 6.00. The second-order valence-electron chi connectivity index (χ2n) is 9.02. The van der Waals surface area contributed by atoms with Gasteiger partial charge in [0.2, 0.25) is 0 Å². The lowest BCUT2D eigenvalue weighted by Crippen LogP contribution is -2.12. The van der Waals surface area contributed by atoms with E-state index in [4.69, 9.17) is 11.6 Å². The lowest BCUT2D eigenvalue weighted by Gasteiger charge is -2.17. The van der Waals surface area contributed by atoms with Crippen LogP contribution in [0.2, 0.25) is 5.02 Å². The van der Waals surface area contributed by atoms with E-state index < -0.39 is 5.92 Å². The Bertz CT molecular complexity index is 1340. The normalized spacial score (nSPS) is 12.2. The van der Waals surface area contributed by atoms with Crippen LogP contribution < -0.4 is 5.32 Å². The molecule has 0 fully saturated rings. The van der Waals surface area contributed by atoms with Crippen LogP contribution in [0.15, 0.2) is 85.2 Å². The van der Waals surface area contributed by atoms with Crippen molar-refractivity contribution in [3.63, 3.8) is 0 Å². The van der Waals surface area contributed by atoms with E-state index >= 15 is 0 Å². The van der Waals surface area contributed by atoms with Gasteiger partial charge in [-0.3, -0.25) is 9.78 Å². The molecule has 37 heavy (non-hydrogen) atoms. The molecule has 0 aliphatic heterocycles. The van der Waals surface area contributed by atoms with Crippen molar-refractivity contribution in [2.24, 2.45) is 0 Å². The van der Waals surface area contributed by atoms with Gasteiger partial charge in [-0.25, -0.2) is 13.8 Å². The molecule has 0 aliphatic carbocycles. The highest BCUT2D eigenvalue weighted by Gasteiger charge is 2.28. The fourth-order valence-corrected chi connectivity index (χ4v) is 4.19. The summed E-state index contributed by atoms with van der Waals surface area (Å²) in [6.07, 6.45) is 3.48. The molecule has 1 N–H and O–H groups in total. The summed E-state index contributed by atoms with van der Waals surface area (Å²) in [5, 5.41) is 4.10. The van der Waals surface area contributed by atoms with Gasteiger partial charge in [-0.05, 0) is 35.7 Å². The number of benzene rings is 3. The molecule has 0 unspecified atom stereocenters. The Morgan fingerprint density at radius 2 is 1.46 bits per heavy atom. The van der Waals surface area contributed by atoms with Gasteiger partial charge in [0.15, 0.2) is 5.82 Å². The van der Waals surface area contributed by atoms with Gasteiger partial charge in [-0.1, -0.05) is 79.2 Å². The minimum atomic E-state index is -2.85. The Balaban J connectivity index is 1.41. The monoisotopic (exact) mass is 519 g/mol. The summed E-state index contributed by atoms with van der Waals surface area (Å²) in [6.45, 7) is 3.49. The third kappa shape index (κ3) is 6.77. The summed E-state index contributed by atoms with van der Waals surface area (Å²) in [5.74, 6) is -2.18. The van der Waals surface area contributed by atoms with Gasteiger partial charge in [-0.15, -0.1) is 0 Å². The number of halogens is 3. The predicted octanol–water partition coefficient (Wildman–Crippen LogP) is 7.83. The SMILES string of the molecule is CCC(F)(F)c1ccc(CC(=O)Cc2ccc(-c3nccnc3N[C@@H](C)c3ccc(Cl)cc3)cc2)cc1. The van der Waals surface area contributed by atoms with E-state index in [1.807, 2.05) is 55.5 Å². The minimum absolute atomic E-state index is 0.00752. The smallest absolute Gasteiger partial charge is 0.273 e. The first kappa shape index (κ1) is 26.4. The molecule has 190 valence electrons. The second-order valence-corrected chi connectivity index (χ2v) is 9.45. The number of ketones is 1. The van der Waals surface area contributed by atoms with Crippen LogP contribution in [0, 0.1) is 0 Å². The lowest BCUT2D eigenvalue weighted by molar-refractivity contribution is -0.117. The van der Waals surface area contributed by atoms with E-state index in [9.17, 15) is 13.6 Å². The van der Waals surface area contributed by atoms with Crippen LogP contribution in [0.5, 0.6) is 0 Å². The van der Waals surface area contributed by atoms with Gasteiger partial charge in [0.1, 0.15) is 11.5 Å². The number of hydrogen-bond donors (Lipinski definition) is 1. The van der Waals surface area contributed by atoms with Crippen molar-refractivity contribution in [1.82, 2.24) is 9.97 Å². The third-order valence-electron chi connectivity index (χ3n) is 6.27. The van der Waals surface area contributed by atoms with Gasteiger partial charge >= 0.3 is 0 Å².